The van der Waals surface area contributed by atoms with Gasteiger partial charge in [0.25, 0.3) is 5.91 Å². The van der Waals surface area contributed by atoms with E-state index >= 15 is 0 Å². The number of amides is 1. The summed E-state index contributed by atoms with van der Waals surface area (Å²) in [6.07, 6.45) is 5.31. The molecule has 1 atom stereocenters. The lowest BCUT2D eigenvalue weighted by Gasteiger charge is -2.16. The second-order valence-corrected chi connectivity index (χ2v) is 10.7. The smallest absolute Gasteiger partial charge is 0.255 e. The highest BCUT2D eigenvalue weighted by Crippen LogP contribution is 2.32. The van der Waals surface area contributed by atoms with E-state index in [1.807, 2.05) is 92.1 Å². The Morgan fingerprint density at radius 3 is 2.73 bits per heavy atom. The third kappa shape index (κ3) is 5.21. The summed E-state index contributed by atoms with van der Waals surface area (Å²) in [4.78, 5) is 35.1. The molecule has 1 N–H and O–H groups in total. The van der Waals surface area contributed by atoms with Gasteiger partial charge in [0.05, 0.1) is 22.9 Å². The van der Waals surface area contributed by atoms with Crippen molar-refractivity contribution in [1.29, 1.82) is 0 Å². The van der Waals surface area contributed by atoms with E-state index in [2.05, 4.69) is 27.2 Å². The van der Waals surface area contributed by atoms with E-state index in [4.69, 9.17) is 9.72 Å². The Morgan fingerprint density at radius 2 is 1.93 bits per heavy atom. The van der Waals surface area contributed by atoms with Crippen LogP contribution in [-0.4, -0.2) is 62.5 Å². The molecule has 41 heavy (non-hydrogen) atoms. The number of hydrogen-bond acceptors (Lipinski definition) is 8. The number of aromatic nitrogens is 5. The Bertz CT molecular complexity index is 1810. The molecular formula is C31H32N8O2. The highest BCUT2D eigenvalue weighted by Gasteiger charge is 2.34. The zero-order valence-electron chi connectivity index (χ0n) is 23.8. The third-order valence-corrected chi connectivity index (χ3v) is 7.26. The number of ether oxygens (including phenoxy) is 1. The van der Waals surface area contributed by atoms with Crippen molar-refractivity contribution in [2.45, 2.75) is 13.8 Å². The molecule has 1 saturated heterocycles. The van der Waals surface area contributed by atoms with E-state index in [0.717, 1.165) is 45.9 Å². The number of pyridine rings is 1. The maximum atomic E-state index is 13.2. The topological polar surface area (TPSA) is 101 Å². The van der Waals surface area contributed by atoms with Crippen LogP contribution < -0.4 is 15.0 Å². The van der Waals surface area contributed by atoms with Crippen molar-refractivity contribution in [3.05, 3.63) is 78.4 Å². The van der Waals surface area contributed by atoms with Crippen molar-refractivity contribution in [3.63, 3.8) is 0 Å². The van der Waals surface area contributed by atoms with Crippen molar-refractivity contribution < 1.29 is 9.53 Å². The third-order valence-electron chi connectivity index (χ3n) is 7.26. The van der Waals surface area contributed by atoms with Crippen LogP contribution in [0, 0.1) is 12.8 Å². The van der Waals surface area contributed by atoms with Gasteiger partial charge in [-0.2, -0.15) is 0 Å². The normalized spacial score (nSPS) is 16.4. The molecule has 1 amide bonds. The van der Waals surface area contributed by atoms with Gasteiger partial charge in [-0.05, 0) is 69.0 Å². The zero-order valence-corrected chi connectivity index (χ0v) is 23.8. The lowest BCUT2D eigenvalue weighted by molar-refractivity contribution is -0.114. The number of carbonyl (C=O) groups is 1. The van der Waals surface area contributed by atoms with Gasteiger partial charge in [-0.25, -0.2) is 19.9 Å². The van der Waals surface area contributed by atoms with E-state index in [-0.39, 0.29) is 11.8 Å². The summed E-state index contributed by atoms with van der Waals surface area (Å²) in [7, 11) is 5.95. The molecule has 1 fully saturated rings. The minimum atomic E-state index is -0.00836. The Morgan fingerprint density at radius 1 is 1.07 bits per heavy atom. The fraction of sp³-hybridized carbons (Fsp3) is 0.258. The standard InChI is InChI=1S/C31H32N8O2/c1-19-14-21(6-10-27(19)41-22-7-9-26-25(15-22)34-18-38(26)5)35-30-29-24(32-17-33-30)8-11-28(36-29)39-16-20(2)23(31(39)40)12-13-37(3)4/h6-12,14-15,17-18,20H,13,16H2,1-5H3,(H,32,33,35)/b23-12+/t20-/m1/s1. The average molecular weight is 549 g/mol. The predicted octanol–water partition coefficient (Wildman–Crippen LogP) is 5.23. The maximum Gasteiger partial charge on any atom is 0.255 e. The molecule has 3 aromatic heterocycles. The fourth-order valence-electron chi connectivity index (χ4n) is 5.05. The quantitative estimate of drug-likeness (QED) is 0.276. The van der Waals surface area contributed by atoms with Crippen LogP contribution in [0.4, 0.5) is 17.3 Å². The first-order valence-electron chi connectivity index (χ1n) is 13.5. The minimum absolute atomic E-state index is 0.00836. The summed E-state index contributed by atoms with van der Waals surface area (Å²) in [5.74, 6) is 2.74. The second kappa shape index (κ2) is 10.6. The molecule has 1 aliphatic rings. The van der Waals surface area contributed by atoms with Crippen molar-refractivity contribution in [2.24, 2.45) is 13.0 Å². The average Bonchev–Trinajstić information content (AvgIpc) is 3.46. The number of likely N-dealkylation sites (N-methyl/N-ethyl adjacent to an activating group) is 1. The molecule has 0 bridgehead atoms. The number of nitrogens with zero attached hydrogens (tertiary/aromatic N) is 7. The Balaban J connectivity index is 1.24. The molecule has 208 valence electrons. The molecule has 6 rings (SSSR count). The zero-order chi connectivity index (χ0) is 28.7. The molecule has 0 radical (unpaired) electrons. The molecule has 5 aromatic rings. The van der Waals surface area contributed by atoms with E-state index < -0.39 is 0 Å². The molecule has 2 aromatic carbocycles. The van der Waals surface area contributed by atoms with Gasteiger partial charge in [-0.3, -0.25) is 9.69 Å². The summed E-state index contributed by atoms with van der Waals surface area (Å²) in [6, 6.07) is 15.5. The van der Waals surface area contributed by atoms with Gasteiger partial charge in [-0.15, -0.1) is 0 Å². The van der Waals surface area contributed by atoms with Crippen molar-refractivity contribution in [2.75, 3.05) is 37.4 Å². The molecule has 0 spiro atoms. The number of hydrogen-bond donors (Lipinski definition) is 1. The first-order chi connectivity index (χ1) is 19.8. The monoisotopic (exact) mass is 548 g/mol. The second-order valence-electron chi connectivity index (χ2n) is 10.7. The minimum Gasteiger partial charge on any atom is -0.457 e. The maximum absolute atomic E-state index is 13.2. The van der Waals surface area contributed by atoms with E-state index in [0.29, 0.717) is 29.2 Å². The van der Waals surface area contributed by atoms with Gasteiger partial charge >= 0.3 is 0 Å². The van der Waals surface area contributed by atoms with Crippen LogP contribution in [0.5, 0.6) is 11.5 Å². The molecule has 0 aliphatic carbocycles. The van der Waals surface area contributed by atoms with Crippen LogP contribution in [-0.2, 0) is 11.8 Å². The molecule has 0 saturated carbocycles. The highest BCUT2D eigenvalue weighted by atomic mass is 16.5. The first kappa shape index (κ1) is 26.4. The summed E-state index contributed by atoms with van der Waals surface area (Å²) in [6.45, 7) is 5.37. The molecular weight excluding hydrogens is 516 g/mol. The fourth-order valence-corrected chi connectivity index (χ4v) is 5.05. The van der Waals surface area contributed by atoms with E-state index in [1.165, 1.54) is 6.33 Å². The van der Waals surface area contributed by atoms with Crippen molar-refractivity contribution >= 4 is 45.3 Å². The first-order valence-corrected chi connectivity index (χ1v) is 13.5. The molecule has 4 heterocycles. The van der Waals surface area contributed by atoms with Gasteiger partial charge in [0, 0.05) is 43.4 Å². The summed E-state index contributed by atoms with van der Waals surface area (Å²) >= 11 is 0. The van der Waals surface area contributed by atoms with Crippen molar-refractivity contribution in [3.8, 4) is 11.5 Å². The summed E-state index contributed by atoms with van der Waals surface area (Å²) in [5, 5.41) is 3.38. The summed E-state index contributed by atoms with van der Waals surface area (Å²) in [5.41, 5.74) is 5.83. The van der Waals surface area contributed by atoms with Crippen LogP contribution in [0.1, 0.15) is 12.5 Å². The number of nitrogens with one attached hydrogen (secondary N) is 1. The van der Waals surface area contributed by atoms with Crippen LogP contribution in [0.2, 0.25) is 0 Å². The number of aryl methyl sites for hydroxylation is 2. The van der Waals surface area contributed by atoms with Crippen molar-refractivity contribution in [1.82, 2.24) is 29.4 Å². The summed E-state index contributed by atoms with van der Waals surface area (Å²) < 4.78 is 8.15. The van der Waals surface area contributed by atoms with E-state index in [9.17, 15) is 4.79 Å². The SMILES string of the molecule is Cc1cc(Nc2ncnc3ccc(N4C[C@@H](C)/C(=C\CN(C)C)C4=O)nc23)ccc1Oc1ccc2c(c1)ncn2C. The lowest BCUT2D eigenvalue weighted by Crippen LogP contribution is -2.26. The Labute approximate surface area is 238 Å². The lowest BCUT2D eigenvalue weighted by atomic mass is 10.0. The molecule has 0 unspecified atom stereocenters. The van der Waals surface area contributed by atoms with Gasteiger partial charge in [0.1, 0.15) is 29.2 Å². The number of fused-ring (bicyclic) bond motifs is 2. The number of anilines is 3. The largest absolute Gasteiger partial charge is 0.457 e. The van der Waals surface area contributed by atoms with Gasteiger partial charge in [0.2, 0.25) is 0 Å². The highest BCUT2D eigenvalue weighted by molar-refractivity contribution is 6.08. The number of carbonyl (C=O) groups excluding carboxylic acids is 1. The van der Waals surface area contributed by atoms with E-state index in [1.54, 1.807) is 11.2 Å². The number of rotatable bonds is 7. The van der Waals surface area contributed by atoms with Crippen LogP contribution >= 0.6 is 0 Å². The van der Waals surface area contributed by atoms with Crippen LogP contribution in [0.15, 0.2) is 72.8 Å². The van der Waals surface area contributed by atoms with Gasteiger partial charge < -0.3 is 19.5 Å². The predicted molar refractivity (Wildman–Crippen MR) is 161 cm³/mol. The number of imidazole rings is 1. The van der Waals surface area contributed by atoms with Gasteiger partial charge in [-0.1, -0.05) is 13.0 Å². The molecule has 1 aliphatic heterocycles. The van der Waals surface area contributed by atoms with Crippen LogP contribution in [0.3, 0.4) is 0 Å². The van der Waals surface area contributed by atoms with Gasteiger partial charge in [0.15, 0.2) is 5.82 Å². The Hall–Kier alpha value is -4.83. The molecule has 10 nitrogen and oxygen atoms in total. The number of benzene rings is 2. The molecule has 10 heteroatoms. The van der Waals surface area contributed by atoms with Crippen LogP contribution in [0.25, 0.3) is 22.1 Å². The Kier molecular flexibility index (Phi) is 6.84.